The summed E-state index contributed by atoms with van der Waals surface area (Å²) in [5.41, 5.74) is 7.61. The average Bonchev–Trinajstić information content (AvgIpc) is 2.34. The molecule has 18 heavy (non-hydrogen) atoms. The normalized spacial score (nSPS) is 10.1. The minimum Gasteiger partial charge on any atom is -0.384 e. The maximum Gasteiger partial charge on any atom is 0.274 e. The summed E-state index contributed by atoms with van der Waals surface area (Å²) < 4.78 is 1.00. The molecular formula is C13H12BrN3O. The van der Waals surface area contributed by atoms with Gasteiger partial charge in [0, 0.05) is 10.2 Å². The molecule has 0 aliphatic rings. The molecule has 0 bridgehead atoms. The molecule has 0 saturated carbocycles. The Balaban J connectivity index is 2.18. The van der Waals surface area contributed by atoms with Crippen molar-refractivity contribution in [1.29, 1.82) is 0 Å². The lowest BCUT2D eigenvalue weighted by molar-refractivity contribution is 0.102. The van der Waals surface area contributed by atoms with E-state index in [1.807, 2.05) is 25.1 Å². The Morgan fingerprint density at radius 2 is 2.11 bits per heavy atom. The van der Waals surface area contributed by atoms with Crippen molar-refractivity contribution in [2.45, 2.75) is 6.92 Å². The topological polar surface area (TPSA) is 68.0 Å². The van der Waals surface area contributed by atoms with Crippen molar-refractivity contribution < 1.29 is 4.79 Å². The van der Waals surface area contributed by atoms with Gasteiger partial charge in [0.2, 0.25) is 0 Å². The van der Waals surface area contributed by atoms with Crippen molar-refractivity contribution in [3.05, 3.63) is 52.1 Å². The van der Waals surface area contributed by atoms with E-state index in [9.17, 15) is 4.79 Å². The molecule has 92 valence electrons. The van der Waals surface area contributed by atoms with E-state index in [0.717, 1.165) is 15.7 Å². The quantitative estimate of drug-likeness (QED) is 0.896. The first kappa shape index (κ1) is 12.6. The minimum atomic E-state index is -0.274. The lowest BCUT2D eigenvalue weighted by Crippen LogP contribution is -2.14. The van der Waals surface area contributed by atoms with E-state index in [1.54, 1.807) is 18.2 Å². The zero-order valence-corrected chi connectivity index (χ0v) is 11.4. The predicted octanol–water partition coefficient (Wildman–Crippen LogP) is 2.99. The Bertz CT molecular complexity index is 599. The van der Waals surface area contributed by atoms with Gasteiger partial charge in [-0.05, 0) is 42.8 Å². The van der Waals surface area contributed by atoms with Crippen LogP contribution in [-0.2, 0) is 0 Å². The van der Waals surface area contributed by atoms with E-state index in [1.165, 1.54) is 0 Å². The Kier molecular flexibility index (Phi) is 3.62. The molecule has 4 nitrogen and oxygen atoms in total. The number of anilines is 2. The van der Waals surface area contributed by atoms with Gasteiger partial charge in [0.1, 0.15) is 11.5 Å². The fourth-order valence-electron chi connectivity index (χ4n) is 1.50. The summed E-state index contributed by atoms with van der Waals surface area (Å²) in [5.74, 6) is 0.0543. The molecule has 0 radical (unpaired) electrons. The summed E-state index contributed by atoms with van der Waals surface area (Å²) in [6, 6.07) is 10.6. The zero-order chi connectivity index (χ0) is 13.1. The van der Waals surface area contributed by atoms with Crippen LogP contribution in [0.15, 0.2) is 40.9 Å². The number of nitrogens with zero attached hydrogens (tertiary/aromatic N) is 1. The van der Waals surface area contributed by atoms with Gasteiger partial charge >= 0.3 is 0 Å². The molecule has 0 atom stereocenters. The number of carbonyl (C=O) groups excluding carboxylic acids is 1. The molecule has 0 fully saturated rings. The maximum atomic E-state index is 11.9. The fourth-order valence-corrected chi connectivity index (χ4v) is 1.74. The Morgan fingerprint density at radius 1 is 1.33 bits per heavy atom. The molecule has 0 saturated heterocycles. The third-order valence-corrected chi connectivity index (χ3v) is 3.31. The van der Waals surface area contributed by atoms with Crippen LogP contribution in [0.5, 0.6) is 0 Å². The highest BCUT2D eigenvalue weighted by atomic mass is 79.9. The van der Waals surface area contributed by atoms with Crippen LogP contribution in [0.1, 0.15) is 16.1 Å². The smallest absolute Gasteiger partial charge is 0.274 e. The van der Waals surface area contributed by atoms with E-state index in [2.05, 4.69) is 26.2 Å². The number of nitrogens with two attached hydrogens (primary N) is 1. The van der Waals surface area contributed by atoms with Crippen LogP contribution in [-0.4, -0.2) is 10.9 Å². The predicted molar refractivity (Wildman–Crippen MR) is 75.5 cm³/mol. The average molecular weight is 306 g/mol. The van der Waals surface area contributed by atoms with Gasteiger partial charge in [-0.3, -0.25) is 4.79 Å². The first-order valence-electron chi connectivity index (χ1n) is 5.36. The van der Waals surface area contributed by atoms with Crippen LogP contribution in [0.25, 0.3) is 0 Å². The number of hydrogen-bond donors (Lipinski definition) is 2. The largest absolute Gasteiger partial charge is 0.384 e. The number of nitrogens with one attached hydrogen (secondary N) is 1. The Hall–Kier alpha value is -1.88. The van der Waals surface area contributed by atoms with E-state index >= 15 is 0 Å². The monoisotopic (exact) mass is 305 g/mol. The van der Waals surface area contributed by atoms with Crippen molar-refractivity contribution in [1.82, 2.24) is 4.98 Å². The molecule has 1 amide bonds. The highest BCUT2D eigenvalue weighted by molar-refractivity contribution is 9.10. The number of aromatic nitrogens is 1. The standard InChI is InChI=1S/C13H12BrN3O/c1-8-7-9(5-6-10(8)14)16-13(18)11-3-2-4-12(15)17-11/h2-7H,1H3,(H2,15,17)(H,16,18). The van der Waals surface area contributed by atoms with E-state index in [0.29, 0.717) is 11.5 Å². The number of aryl methyl sites for hydroxylation is 1. The van der Waals surface area contributed by atoms with Crippen molar-refractivity contribution in [3.8, 4) is 0 Å². The van der Waals surface area contributed by atoms with Gasteiger partial charge in [0.15, 0.2) is 0 Å². The molecule has 1 aromatic heterocycles. The van der Waals surface area contributed by atoms with Gasteiger partial charge in [0.25, 0.3) is 5.91 Å². The zero-order valence-electron chi connectivity index (χ0n) is 9.77. The number of benzene rings is 1. The number of rotatable bonds is 2. The van der Waals surface area contributed by atoms with Crippen molar-refractivity contribution in [3.63, 3.8) is 0 Å². The lowest BCUT2D eigenvalue weighted by Gasteiger charge is -2.07. The van der Waals surface area contributed by atoms with Gasteiger partial charge in [-0.15, -0.1) is 0 Å². The van der Waals surface area contributed by atoms with E-state index < -0.39 is 0 Å². The first-order valence-corrected chi connectivity index (χ1v) is 6.15. The molecule has 0 unspecified atom stereocenters. The number of nitrogen functional groups attached to an aromatic ring is 1. The molecule has 5 heteroatoms. The number of halogens is 1. The molecule has 0 aliphatic carbocycles. The molecule has 2 aromatic rings. The second kappa shape index (κ2) is 5.18. The summed E-state index contributed by atoms with van der Waals surface area (Å²) in [4.78, 5) is 15.9. The summed E-state index contributed by atoms with van der Waals surface area (Å²) in [7, 11) is 0. The van der Waals surface area contributed by atoms with Crippen molar-refractivity contribution in [2.75, 3.05) is 11.1 Å². The van der Waals surface area contributed by atoms with Crippen LogP contribution in [0.4, 0.5) is 11.5 Å². The van der Waals surface area contributed by atoms with Gasteiger partial charge < -0.3 is 11.1 Å². The number of amides is 1. The van der Waals surface area contributed by atoms with Gasteiger partial charge in [-0.25, -0.2) is 4.98 Å². The molecule has 1 aromatic carbocycles. The van der Waals surface area contributed by atoms with E-state index in [4.69, 9.17) is 5.73 Å². The summed E-state index contributed by atoms with van der Waals surface area (Å²) in [5, 5.41) is 2.78. The number of pyridine rings is 1. The Labute approximate surface area is 113 Å². The van der Waals surface area contributed by atoms with Crippen LogP contribution in [0, 0.1) is 6.92 Å². The molecule has 0 aliphatic heterocycles. The van der Waals surface area contributed by atoms with Crippen LogP contribution >= 0.6 is 15.9 Å². The molecular weight excluding hydrogens is 294 g/mol. The first-order chi connectivity index (χ1) is 8.56. The van der Waals surface area contributed by atoms with Gasteiger partial charge in [-0.2, -0.15) is 0 Å². The highest BCUT2D eigenvalue weighted by Crippen LogP contribution is 2.20. The van der Waals surface area contributed by atoms with Gasteiger partial charge in [-0.1, -0.05) is 22.0 Å². The second-order valence-electron chi connectivity index (χ2n) is 3.87. The number of hydrogen-bond acceptors (Lipinski definition) is 3. The molecule has 2 rings (SSSR count). The highest BCUT2D eigenvalue weighted by Gasteiger charge is 2.08. The molecule has 3 N–H and O–H groups in total. The van der Waals surface area contributed by atoms with Crippen molar-refractivity contribution >= 4 is 33.3 Å². The Morgan fingerprint density at radius 3 is 2.78 bits per heavy atom. The van der Waals surface area contributed by atoms with Gasteiger partial charge in [0.05, 0.1) is 0 Å². The summed E-state index contributed by atoms with van der Waals surface area (Å²) in [6.07, 6.45) is 0. The molecule has 0 spiro atoms. The maximum absolute atomic E-state index is 11.9. The van der Waals surface area contributed by atoms with Crippen LogP contribution in [0.3, 0.4) is 0 Å². The second-order valence-corrected chi connectivity index (χ2v) is 4.72. The van der Waals surface area contributed by atoms with Crippen LogP contribution < -0.4 is 11.1 Å². The third kappa shape index (κ3) is 2.87. The van der Waals surface area contributed by atoms with Crippen molar-refractivity contribution in [2.24, 2.45) is 0 Å². The lowest BCUT2D eigenvalue weighted by atomic mass is 10.2. The molecule has 1 heterocycles. The van der Waals surface area contributed by atoms with E-state index in [-0.39, 0.29) is 5.91 Å². The minimum absolute atomic E-state index is 0.274. The third-order valence-electron chi connectivity index (χ3n) is 2.42. The fraction of sp³-hybridized carbons (Fsp3) is 0.0769. The number of carbonyl (C=O) groups is 1. The van der Waals surface area contributed by atoms with Crippen LogP contribution in [0.2, 0.25) is 0 Å². The SMILES string of the molecule is Cc1cc(NC(=O)c2cccc(N)n2)ccc1Br. The summed E-state index contributed by atoms with van der Waals surface area (Å²) in [6.45, 7) is 1.96. The summed E-state index contributed by atoms with van der Waals surface area (Å²) >= 11 is 3.41.